The van der Waals surface area contributed by atoms with Gasteiger partial charge in [0.05, 0.1) is 22.2 Å². The van der Waals surface area contributed by atoms with Crippen LogP contribution in [0.15, 0.2) is 121 Å². The Morgan fingerprint density at radius 1 is 0.800 bits per heavy atom. The van der Waals surface area contributed by atoms with Crippen molar-refractivity contribution in [2.24, 2.45) is 10.8 Å². The highest BCUT2D eigenvalue weighted by molar-refractivity contribution is 6.01. The third kappa shape index (κ3) is 4.78. The molecule has 0 unspecified atom stereocenters. The Kier molecular flexibility index (Phi) is 6.81. The van der Waals surface area contributed by atoms with Gasteiger partial charge >= 0.3 is 5.97 Å². The van der Waals surface area contributed by atoms with Gasteiger partial charge in [-0.1, -0.05) is 99.2 Å². The molecule has 224 valence electrons. The minimum absolute atomic E-state index is 0.00867. The Balaban J connectivity index is 1.23. The smallest absolute Gasteiger partial charge is 0.335 e. The van der Waals surface area contributed by atoms with E-state index in [0.717, 1.165) is 40.1 Å². The zero-order valence-electron chi connectivity index (χ0n) is 25.7. The van der Waals surface area contributed by atoms with Gasteiger partial charge < -0.3 is 10.0 Å². The van der Waals surface area contributed by atoms with E-state index in [1.807, 2.05) is 77.7 Å². The van der Waals surface area contributed by atoms with Crippen molar-refractivity contribution in [3.8, 4) is 17.1 Å². The number of rotatable bonds is 5. The number of aromatic nitrogens is 2. The third-order valence-corrected chi connectivity index (χ3v) is 9.51. The average molecular weight is 594 g/mol. The number of hydrogen-bond donors (Lipinski definition) is 1. The maximum atomic E-state index is 14.4. The number of carbonyl (C=O) groups is 2. The number of carboxylic acid groups (broad SMARTS) is 1. The van der Waals surface area contributed by atoms with Crippen LogP contribution in [0.4, 0.5) is 0 Å². The Morgan fingerprint density at radius 3 is 2.24 bits per heavy atom. The summed E-state index contributed by atoms with van der Waals surface area (Å²) in [5.74, 6) is -0.193. The van der Waals surface area contributed by atoms with Gasteiger partial charge in [-0.3, -0.25) is 9.36 Å². The lowest BCUT2D eigenvalue weighted by atomic mass is 9.58. The first-order chi connectivity index (χ1) is 21.7. The number of allylic oxidation sites excluding steroid dienone is 2. The molecule has 1 N–H and O–H groups in total. The van der Waals surface area contributed by atoms with E-state index in [1.165, 1.54) is 11.1 Å². The minimum atomic E-state index is -0.926. The molecule has 6 heteroatoms. The molecule has 4 aromatic carbocycles. The molecule has 1 amide bonds. The Labute approximate surface area is 263 Å². The van der Waals surface area contributed by atoms with E-state index in [4.69, 9.17) is 4.98 Å². The fourth-order valence-corrected chi connectivity index (χ4v) is 7.44. The zero-order chi connectivity index (χ0) is 31.3. The molecule has 7 rings (SSSR count). The average Bonchev–Trinajstić information content (AvgIpc) is 3.44. The number of para-hydroxylation sites is 3. The Hall–Kier alpha value is -5.23. The quantitative estimate of drug-likeness (QED) is 0.208. The first-order valence-electron chi connectivity index (χ1n) is 15.3. The number of benzene rings is 4. The SMILES string of the molecule is CC1(C)C(c2ccc(C(=O)O)cc2)=CC[C@]2(C)CN(C(=O)c3ccccc3-c3nc4ccccc4n3-c3ccccc3)CC=C12. The molecule has 1 aromatic heterocycles. The van der Waals surface area contributed by atoms with E-state index in [1.54, 1.807) is 12.1 Å². The normalized spacial score (nSPS) is 19.0. The Bertz CT molecular complexity index is 2020. The summed E-state index contributed by atoms with van der Waals surface area (Å²) in [5, 5.41) is 9.35. The van der Waals surface area contributed by atoms with Crippen molar-refractivity contribution in [2.45, 2.75) is 27.2 Å². The molecule has 45 heavy (non-hydrogen) atoms. The van der Waals surface area contributed by atoms with E-state index < -0.39 is 5.97 Å². The molecule has 6 nitrogen and oxygen atoms in total. The number of carbonyl (C=O) groups excluding carboxylic acids is 1. The molecule has 0 saturated heterocycles. The van der Waals surface area contributed by atoms with Crippen LogP contribution in [0.25, 0.3) is 33.7 Å². The number of hydrogen-bond acceptors (Lipinski definition) is 3. The number of amides is 1. The van der Waals surface area contributed by atoms with Gasteiger partial charge in [-0.05, 0) is 60.0 Å². The van der Waals surface area contributed by atoms with Crippen LogP contribution >= 0.6 is 0 Å². The molecule has 1 aliphatic heterocycles. The van der Waals surface area contributed by atoms with Gasteiger partial charge in [-0.15, -0.1) is 0 Å². The molecule has 0 spiro atoms. The van der Waals surface area contributed by atoms with Crippen molar-refractivity contribution >= 4 is 28.5 Å². The minimum Gasteiger partial charge on any atom is -0.478 e. The number of nitrogens with zero attached hydrogens (tertiary/aromatic N) is 3. The molecular weight excluding hydrogens is 558 g/mol. The maximum Gasteiger partial charge on any atom is 0.335 e. The van der Waals surface area contributed by atoms with Crippen molar-refractivity contribution in [1.29, 1.82) is 0 Å². The molecule has 0 fully saturated rings. The highest BCUT2D eigenvalue weighted by Crippen LogP contribution is 2.55. The summed E-state index contributed by atoms with van der Waals surface area (Å²) in [7, 11) is 0. The van der Waals surface area contributed by atoms with Crippen LogP contribution in [0.5, 0.6) is 0 Å². The van der Waals surface area contributed by atoms with Gasteiger partial charge in [-0.2, -0.15) is 0 Å². The highest BCUT2D eigenvalue weighted by atomic mass is 16.4. The van der Waals surface area contributed by atoms with E-state index in [-0.39, 0.29) is 22.3 Å². The van der Waals surface area contributed by atoms with E-state index in [9.17, 15) is 14.7 Å². The van der Waals surface area contributed by atoms with Gasteiger partial charge in [0.15, 0.2) is 0 Å². The predicted molar refractivity (Wildman–Crippen MR) is 178 cm³/mol. The van der Waals surface area contributed by atoms with Gasteiger partial charge in [0.25, 0.3) is 5.91 Å². The third-order valence-electron chi connectivity index (χ3n) is 9.51. The van der Waals surface area contributed by atoms with Crippen molar-refractivity contribution in [1.82, 2.24) is 14.5 Å². The second-order valence-electron chi connectivity index (χ2n) is 12.8. The number of carboxylic acids is 1. The summed E-state index contributed by atoms with van der Waals surface area (Å²) in [6, 6.07) is 33.2. The summed E-state index contributed by atoms with van der Waals surface area (Å²) >= 11 is 0. The molecule has 0 radical (unpaired) electrons. The van der Waals surface area contributed by atoms with Crippen molar-refractivity contribution in [3.63, 3.8) is 0 Å². The van der Waals surface area contributed by atoms with Gasteiger partial charge in [0.2, 0.25) is 0 Å². The standard InChI is InChI=1S/C39H35N3O3/c1-38(2)31(26-17-19-27(20-18-26)37(44)45)21-23-39(3)25-41(24-22-34(38)39)36(43)30-14-8-7-13-29(30)35-40-32-15-9-10-16-33(32)42(35)28-11-5-4-6-12-28/h4-22H,23-25H2,1-3H3,(H,44,45)/t39-/m1/s1. The summed E-state index contributed by atoms with van der Waals surface area (Å²) in [4.78, 5) is 32.8. The fraction of sp³-hybridized carbons (Fsp3) is 0.205. The second-order valence-corrected chi connectivity index (χ2v) is 12.8. The lowest BCUT2D eigenvalue weighted by molar-refractivity contribution is 0.0679. The molecule has 5 aromatic rings. The predicted octanol–water partition coefficient (Wildman–Crippen LogP) is 8.29. The summed E-state index contributed by atoms with van der Waals surface area (Å²) in [6.45, 7) is 7.83. The molecule has 0 saturated carbocycles. The van der Waals surface area contributed by atoms with E-state index in [0.29, 0.717) is 18.7 Å². The van der Waals surface area contributed by atoms with Crippen LogP contribution in [-0.2, 0) is 0 Å². The molecule has 2 heterocycles. The van der Waals surface area contributed by atoms with Gasteiger partial charge in [0, 0.05) is 35.2 Å². The largest absolute Gasteiger partial charge is 0.478 e. The first kappa shape index (κ1) is 28.5. The molecular formula is C39H35N3O3. The van der Waals surface area contributed by atoms with Gasteiger partial charge in [0.1, 0.15) is 5.82 Å². The summed E-state index contributed by atoms with van der Waals surface area (Å²) < 4.78 is 2.13. The van der Waals surface area contributed by atoms with Crippen LogP contribution in [0.1, 0.15) is 53.5 Å². The van der Waals surface area contributed by atoms with Gasteiger partial charge in [-0.25, -0.2) is 9.78 Å². The monoisotopic (exact) mass is 593 g/mol. The van der Waals surface area contributed by atoms with Crippen LogP contribution < -0.4 is 0 Å². The lowest BCUT2D eigenvalue weighted by Crippen LogP contribution is -2.48. The summed E-state index contributed by atoms with van der Waals surface area (Å²) in [5.41, 5.74) is 7.61. The molecule has 1 aliphatic carbocycles. The second kappa shape index (κ2) is 10.7. The highest BCUT2D eigenvalue weighted by Gasteiger charge is 2.46. The molecule has 2 aliphatic rings. The first-order valence-corrected chi connectivity index (χ1v) is 15.3. The molecule has 1 atom stereocenters. The van der Waals surface area contributed by atoms with Crippen LogP contribution in [0, 0.1) is 10.8 Å². The lowest BCUT2D eigenvalue weighted by Gasteiger charge is -2.50. The topological polar surface area (TPSA) is 75.4 Å². The van der Waals surface area contributed by atoms with Crippen LogP contribution in [0.2, 0.25) is 0 Å². The van der Waals surface area contributed by atoms with E-state index in [2.05, 4.69) is 55.7 Å². The van der Waals surface area contributed by atoms with E-state index >= 15 is 0 Å². The maximum absolute atomic E-state index is 14.4. The fourth-order valence-electron chi connectivity index (χ4n) is 7.44. The van der Waals surface area contributed by atoms with Crippen LogP contribution in [-0.4, -0.2) is 44.5 Å². The summed E-state index contributed by atoms with van der Waals surface area (Å²) in [6.07, 6.45) is 5.30. The number of fused-ring (bicyclic) bond motifs is 2. The van der Waals surface area contributed by atoms with Crippen molar-refractivity contribution in [2.75, 3.05) is 13.1 Å². The number of aromatic carboxylic acids is 1. The van der Waals surface area contributed by atoms with Crippen molar-refractivity contribution in [3.05, 3.63) is 138 Å². The Morgan fingerprint density at radius 2 is 1.49 bits per heavy atom. The van der Waals surface area contributed by atoms with Crippen molar-refractivity contribution < 1.29 is 14.7 Å². The zero-order valence-corrected chi connectivity index (χ0v) is 25.7. The molecule has 0 bridgehead atoms. The van der Waals surface area contributed by atoms with Crippen LogP contribution in [0.3, 0.4) is 0 Å². The number of imidazole rings is 1.